The zero-order valence-electron chi connectivity index (χ0n) is 11.3. The first-order valence-electron chi connectivity index (χ1n) is 6.30. The van der Waals surface area contributed by atoms with E-state index in [9.17, 15) is 4.79 Å². The molecule has 3 rings (SSSR count). The van der Waals surface area contributed by atoms with Crippen molar-refractivity contribution in [1.82, 2.24) is 24.7 Å². The average molecular weight is 280 g/mol. The van der Waals surface area contributed by atoms with Gasteiger partial charge >= 0.3 is 0 Å². The first-order chi connectivity index (χ1) is 10.3. The largest absolute Gasteiger partial charge is 0.290 e. The molecule has 0 radical (unpaired) electrons. The second-order valence-electron chi connectivity index (χ2n) is 4.27. The van der Waals surface area contributed by atoms with Gasteiger partial charge in [0.05, 0.1) is 17.5 Å². The predicted molar refractivity (Wildman–Crippen MR) is 76.1 cm³/mol. The SMILES string of the molecule is Cc1c(C(=O)Nc2ncccn2)cnn1-c1ccccn1. The highest BCUT2D eigenvalue weighted by Gasteiger charge is 2.16. The molecule has 7 heteroatoms. The Balaban J connectivity index is 1.87. The zero-order valence-corrected chi connectivity index (χ0v) is 11.3. The number of anilines is 1. The molecule has 0 bridgehead atoms. The van der Waals surface area contributed by atoms with E-state index < -0.39 is 0 Å². The maximum Gasteiger partial charge on any atom is 0.261 e. The highest BCUT2D eigenvalue weighted by molar-refractivity contribution is 6.04. The Bertz CT molecular complexity index is 754. The molecule has 0 aliphatic rings. The minimum absolute atomic E-state index is 0.257. The highest BCUT2D eigenvalue weighted by Crippen LogP contribution is 2.13. The Morgan fingerprint density at radius 2 is 1.86 bits per heavy atom. The van der Waals surface area contributed by atoms with E-state index in [0.717, 1.165) is 0 Å². The lowest BCUT2D eigenvalue weighted by Crippen LogP contribution is -2.15. The molecule has 0 atom stereocenters. The second kappa shape index (κ2) is 5.49. The Morgan fingerprint density at radius 3 is 2.57 bits per heavy atom. The molecule has 3 heterocycles. The third-order valence-electron chi connectivity index (χ3n) is 2.91. The fraction of sp³-hybridized carbons (Fsp3) is 0.0714. The fourth-order valence-electron chi connectivity index (χ4n) is 1.88. The number of pyridine rings is 1. The van der Waals surface area contributed by atoms with Gasteiger partial charge in [-0.3, -0.25) is 10.1 Å². The van der Waals surface area contributed by atoms with Gasteiger partial charge in [0.25, 0.3) is 5.91 Å². The fourth-order valence-corrected chi connectivity index (χ4v) is 1.88. The normalized spacial score (nSPS) is 10.3. The van der Waals surface area contributed by atoms with E-state index in [-0.39, 0.29) is 11.9 Å². The monoisotopic (exact) mass is 280 g/mol. The third kappa shape index (κ3) is 2.62. The molecule has 21 heavy (non-hydrogen) atoms. The molecule has 0 aromatic carbocycles. The van der Waals surface area contributed by atoms with Crippen LogP contribution in [0.25, 0.3) is 5.82 Å². The molecule has 3 aromatic rings. The first kappa shape index (κ1) is 12.9. The molecular formula is C14H12N6O. The van der Waals surface area contributed by atoms with Crippen molar-refractivity contribution in [1.29, 1.82) is 0 Å². The number of amides is 1. The van der Waals surface area contributed by atoms with Gasteiger partial charge in [0.1, 0.15) is 0 Å². The number of aromatic nitrogens is 5. The van der Waals surface area contributed by atoms with Crippen molar-refractivity contribution in [2.45, 2.75) is 6.92 Å². The van der Waals surface area contributed by atoms with Gasteiger partial charge in [-0.25, -0.2) is 19.6 Å². The Morgan fingerprint density at radius 1 is 1.10 bits per heavy atom. The van der Waals surface area contributed by atoms with Crippen LogP contribution in [-0.4, -0.2) is 30.6 Å². The maximum atomic E-state index is 12.2. The van der Waals surface area contributed by atoms with Crippen LogP contribution in [0.3, 0.4) is 0 Å². The van der Waals surface area contributed by atoms with E-state index in [0.29, 0.717) is 17.1 Å². The van der Waals surface area contributed by atoms with Crippen molar-refractivity contribution < 1.29 is 4.79 Å². The quantitative estimate of drug-likeness (QED) is 0.788. The topological polar surface area (TPSA) is 85.6 Å². The van der Waals surface area contributed by atoms with Crippen molar-refractivity contribution >= 4 is 11.9 Å². The van der Waals surface area contributed by atoms with Crippen LogP contribution in [-0.2, 0) is 0 Å². The van der Waals surface area contributed by atoms with Gasteiger partial charge in [-0.2, -0.15) is 5.10 Å². The summed E-state index contributed by atoms with van der Waals surface area (Å²) in [5, 5.41) is 6.83. The maximum absolute atomic E-state index is 12.2. The molecule has 0 fully saturated rings. The molecule has 1 N–H and O–H groups in total. The molecule has 3 aromatic heterocycles. The summed E-state index contributed by atoms with van der Waals surface area (Å²) in [5.74, 6) is 0.610. The number of carbonyl (C=O) groups excluding carboxylic acids is 1. The molecule has 0 saturated heterocycles. The Hall–Kier alpha value is -3.09. The van der Waals surface area contributed by atoms with Gasteiger partial charge < -0.3 is 0 Å². The van der Waals surface area contributed by atoms with Crippen molar-refractivity contribution in [3.8, 4) is 5.82 Å². The second-order valence-corrected chi connectivity index (χ2v) is 4.27. The van der Waals surface area contributed by atoms with Crippen LogP contribution in [0, 0.1) is 6.92 Å². The summed E-state index contributed by atoms with van der Waals surface area (Å²) in [6.45, 7) is 1.81. The van der Waals surface area contributed by atoms with Gasteiger partial charge in [0.15, 0.2) is 5.82 Å². The van der Waals surface area contributed by atoms with Crippen LogP contribution in [0.15, 0.2) is 49.1 Å². The molecule has 0 aliphatic heterocycles. The zero-order chi connectivity index (χ0) is 14.7. The molecule has 7 nitrogen and oxygen atoms in total. The van der Waals surface area contributed by atoms with E-state index in [1.807, 2.05) is 25.1 Å². The number of carbonyl (C=O) groups is 1. The minimum atomic E-state index is -0.305. The van der Waals surface area contributed by atoms with Crippen LogP contribution in [0.5, 0.6) is 0 Å². The van der Waals surface area contributed by atoms with Gasteiger partial charge in [-0.1, -0.05) is 6.07 Å². The predicted octanol–water partition coefficient (Wildman–Crippen LogP) is 1.62. The summed E-state index contributed by atoms with van der Waals surface area (Å²) >= 11 is 0. The third-order valence-corrected chi connectivity index (χ3v) is 2.91. The summed E-state index contributed by atoms with van der Waals surface area (Å²) in [4.78, 5) is 24.3. The van der Waals surface area contributed by atoms with Gasteiger partial charge in [0, 0.05) is 18.6 Å². The number of nitrogens with zero attached hydrogens (tertiary/aromatic N) is 5. The van der Waals surface area contributed by atoms with E-state index in [4.69, 9.17) is 0 Å². The van der Waals surface area contributed by atoms with Crippen molar-refractivity contribution in [3.05, 3.63) is 60.3 Å². The Kier molecular flexibility index (Phi) is 3.38. The van der Waals surface area contributed by atoms with Crippen LogP contribution >= 0.6 is 0 Å². The number of hydrogen-bond acceptors (Lipinski definition) is 5. The van der Waals surface area contributed by atoms with E-state index in [2.05, 4.69) is 25.4 Å². The molecule has 0 aliphatic carbocycles. The smallest absolute Gasteiger partial charge is 0.261 e. The van der Waals surface area contributed by atoms with E-state index >= 15 is 0 Å². The molecular weight excluding hydrogens is 268 g/mol. The molecule has 0 saturated carbocycles. The van der Waals surface area contributed by atoms with E-state index in [1.54, 1.807) is 29.3 Å². The minimum Gasteiger partial charge on any atom is -0.290 e. The number of rotatable bonds is 3. The summed E-state index contributed by atoms with van der Waals surface area (Å²) in [5.41, 5.74) is 1.15. The summed E-state index contributed by atoms with van der Waals surface area (Å²) in [6, 6.07) is 7.19. The van der Waals surface area contributed by atoms with E-state index in [1.165, 1.54) is 6.20 Å². The standard InChI is InChI=1S/C14H12N6O/c1-10-11(13(21)19-14-16-7-4-8-17-14)9-18-20(10)12-5-2-3-6-15-12/h2-9H,1H3,(H,16,17,19,21). The molecule has 1 amide bonds. The molecule has 0 spiro atoms. The Labute approximate surface area is 120 Å². The van der Waals surface area contributed by atoms with Crippen LogP contribution in [0.2, 0.25) is 0 Å². The summed E-state index contributed by atoms with van der Waals surface area (Å²) in [7, 11) is 0. The number of nitrogens with one attached hydrogen (secondary N) is 1. The lowest BCUT2D eigenvalue weighted by molar-refractivity contribution is 0.102. The molecule has 0 unspecified atom stereocenters. The highest BCUT2D eigenvalue weighted by atomic mass is 16.1. The van der Waals surface area contributed by atoms with Crippen LogP contribution < -0.4 is 5.32 Å². The average Bonchev–Trinajstić information content (AvgIpc) is 2.91. The first-order valence-corrected chi connectivity index (χ1v) is 6.30. The lowest BCUT2D eigenvalue weighted by atomic mass is 10.2. The molecule has 104 valence electrons. The van der Waals surface area contributed by atoms with Crippen LogP contribution in [0.4, 0.5) is 5.95 Å². The number of hydrogen-bond donors (Lipinski definition) is 1. The van der Waals surface area contributed by atoms with Crippen LogP contribution in [0.1, 0.15) is 16.1 Å². The van der Waals surface area contributed by atoms with Gasteiger partial charge in [-0.15, -0.1) is 0 Å². The van der Waals surface area contributed by atoms with Crippen molar-refractivity contribution in [2.75, 3.05) is 5.32 Å². The summed E-state index contributed by atoms with van der Waals surface area (Å²) in [6.07, 6.45) is 6.30. The summed E-state index contributed by atoms with van der Waals surface area (Å²) < 4.78 is 1.61. The van der Waals surface area contributed by atoms with Gasteiger partial charge in [0.2, 0.25) is 5.95 Å². The lowest BCUT2D eigenvalue weighted by Gasteiger charge is -2.04. The van der Waals surface area contributed by atoms with Crippen molar-refractivity contribution in [2.24, 2.45) is 0 Å². The van der Waals surface area contributed by atoms with Gasteiger partial charge in [-0.05, 0) is 25.1 Å². The van der Waals surface area contributed by atoms with Crippen molar-refractivity contribution in [3.63, 3.8) is 0 Å².